The summed E-state index contributed by atoms with van der Waals surface area (Å²) in [4.78, 5) is 2.31. The normalized spacial score (nSPS) is 16.7. The smallest absolute Gasteiger partial charge is 0.0839 e. The Morgan fingerprint density at radius 1 is 1.41 bits per heavy atom. The SMILES string of the molecule is CCNCC(O)CN1CCCc2ccccc21. The zero-order valence-electron chi connectivity index (χ0n) is 10.5. The van der Waals surface area contributed by atoms with Crippen LogP contribution >= 0.6 is 0 Å². The van der Waals surface area contributed by atoms with Crippen molar-refractivity contribution in [1.82, 2.24) is 5.32 Å². The molecular formula is C14H22N2O. The summed E-state index contributed by atoms with van der Waals surface area (Å²) >= 11 is 0. The van der Waals surface area contributed by atoms with Crippen LogP contribution in [-0.2, 0) is 6.42 Å². The third kappa shape index (κ3) is 3.20. The van der Waals surface area contributed by atoms with Crippen molar-refractivity contribution in [1.29, 1.82) is 0 Å². The monoisotopic (exact) mass is 234 g/mol. The largest absolute Gasteiger partial charge is 0.390 e. The second-order valence-corrected chi connectivity index (χ2v) is 4.64. The van der Waals surface area contributed by atoms with Gasteiger partial charge in [-0.1, -0.05) is 25.1 Å². The van der Waals surface area contributed by atoms with E-state index >= 15 is 0 Å². The van der Waals surface area contributed by atoms with Crippen LogP contribution in [0, 0.1) is 0 Å². The first-order valence-electron chi connectivity index (χ1n) is 6.53. The highest BCUT2D eigenvalue weighted by Crippen LogP contribution is 2.26. The lowest BCUT2D eigenvalue weighted by Gasteiger charge is -2.32. The molecule has 17 heavy (non-hydrogen) atoms. The van der Waals surface area contributed by atoms with E-state index in [-0.39, 0.29) is 6.10 Å². The molecule has 94 valence electrons. The number of hydrogen-bond acceptors (Lipinski definition) is 3. The number of aryl methyl sites for hydroxylation is 1. The Morgan fingerprint density at radius 2 is 2.24 bits per heavy atom. The molecule has 1 heterocycles. The van der Waals surface area contributed by atoms with Gasteiger partial charge in [0.2, 0.25) is 0 Å². The van der Waals surface area contributed by atoms with Gasteiger partial charge in [-0.25, -0.2) is 0 Å². The van der Waals surface area contributed by atoms with E-state index in [2.05, 4.69) is 41.4 Å². The zero-order valence-corrected chi connectivity index (χ0v) is 10.5. The minimum Gasteiger partial charge on any atom is -0.390 e. The Balaban J connectivity index is 1.98. The van der Waals surface area contributed by atoms with Gasteiger partial charge in [-0.15, -0.1) is 0 Å². The maximum atomic E-state index is 9.95. The van der Waals surface area contributed by atoms with E-state index in [1.165, 1.54) is 17.7 Å². The van der Waals surface area contributed by atoms with E-state index in [1.807, 2.05) is 0 Å². The molecule has 3 heteroatoms. The summed E-state index contributed by atoms with van der Waals surface area (Å²) in [6, 6.07) is 8.53. The van der Waals surface area contributed by atoms with Gasteiger partial charge in [-0.3, -0.25) is 0 Å². The van der Waals surface area contributed by atoms with Gasteiger partial charge < -0.3 is 15.3 Å². The van der Waals surface area contributed by atoms with Crippen molar-refractivity contribution in [2.24, 2.45) is 0 Å². The van der Waals surface area contributed by atoms with Crippen molar-refractivity contribution in [3.8, 4) is 0 Å². The number of aliphatic hydroxyl groups excluding tert-OH is 1. The highest BCUT2D eigenvalue weighted by Gasteiger charge is 2.18. The van der Waals surface area contributed by atoms with Crippen molar-refractivity contribution < 1.29 is 5.11 Å². The third-order valence-corrected chi connectivity index (χ3v) is 3.27. The Kier molecular flexibility index (Phi) is 4.40. The predicted molar refractivity (Wildman–Crippen MR) is 71.5 cm³/mol. The molecule has 1 unspecified atom stereocenters. The van der Waals surface area contributed by atoms with Crippen LogP contribution in [0.25, 0.3) is 0 Å². The Hall–Kier alpha value is -1.06. The average Bonchev–Trinajstić information content (AvgIpc) is 2.37. The van der Waals surface area contributed by atoms with Crippen molar-refractivity contribution >= 4 is 5.69 Å². The molecular weight excluding hydrogens is 212 g/mol. The first kappa shape index (κ1) is 12.4. The fraction of sp³-hybridized carbons (Fsp3) is 0.571. The van der Waals surface area contributed by atoms with Crippen molar-refractivity contribution in [3.63, 3.8) is 0 Å². The lowest BCUT2D eigenvalue weighted by molar-refractivity contribution is 0.177. The molecule has 0 saturated heterocycles. The molecule has 0 aromatic heterocycles. The average molecular weight is 234 g/mol. The topological polar surface area (TPSA) is 35.5 Å². The van der Waals surface area contributed by atoms with Crippen molar-refractivity contribution in [2.45, 2.75) is 25.9 Å². The van der Waals surface area contributed by atoms with Crippen molar-refractivity contribution in [2.75, 3.05) is 31.1 Å². The molecule has 2 rings (SSSR count). The third-order valence-electron chi connectivity index (χ3n) is 3.27. The van der Waals surface area contributed by atoms with Gasteiger partial charge in [0.25, 0.3) is 0 Å². The van der Waals surface area contributed by atoms with Gasteiger partial charge in [0.15, 0.2) is 0 Å². The van der Waals surface area contributed by atoms with E-state index in [0.29, 0.717) is 6.54 Å². The second kappa shape index (κ2) is 6.03. The quantitative estimate of drug-likeness (QED) is 0.808. The zero-order chi connectivity index (χ0) is 12.1. The molecule has 3 nitrogen and oxygen atoms in total. The summed E-state index contributed by atoms with van der Waals surface area (Å²) in [5, 5.41) is 13.1. The molecule has 0 spiro atoms. The van der Waals surface area contributed by atoms with Crippen LogP contribution in [0.5, 0.6) is 0 Å². The first-order valence-corrected chi connectivity index (χ1v) is 6.53. The number of fused-ring (bicyclic) bond motifs is 1. The van der Waals surface area contributed by atoms with E-state index in [4.69, 9.17) is 0 Å². The lowest BCUT2D eigenvalue weighted by atomic mass is 10.0. The number of aliphatic hydroxyl groups is 1. The molecule has 1 aliphatic rings. The standard InChI is InChI=1S/C14H22N2O/c1-2-15-10-13(17)11-16-9-5-7-12-6-3-4-8-14(12)16/h3-4,6,8,13,15,17H,2,5,7,9-11H2,1H3. The molecule has 1 aromatic carbocycles. The molecule has 0 fully saturated rings. The number of β-amino-alcohol motifs (C(OH)–C–C–N with tert-alkyl or cyclic N) is 1. The van der Waals surface area contributed by atoms with Crippen molar-refractivity contribution in [3.05, 3.63) is 29.8 Å². The van der Waals surface area contributed by atoms with Crippen LogP contribution in [0.3, 0.4) is 0 Å². The van der Waals surface area contributed by atoms with Crippen LogP contribution in [0.15, 0.2) is 24.3 Å². The van der Waals surface area contributed by atoms with Crippen LogP contribution in [-0.4, -0.2) is 37.4 Å². The van der Waals surface area contributed by atoms with Gasteiger partial charge in [0, 0.05) is 25.3 Å². The Bertz CT molecular complexity index is 354. The Morgan fingerprint density at radius 3 is 3.06 bits per heavy atom. The van der Waals surface area contributed by atoms with Gasteiger partial charge in [-0.05, 0) is 31.0 Å². The van der Waals surface area contributed by atoms with Gasteiger partial charge in [-0.2, -0.15) is 0 Å². The summed E-state index contributed by atoms with van der Waals surface area (Å²) in [5.74, 6) is 0. The molecule has 0 amide bonds. The maximum absolute atomic E-state index is 9.95. The summed E-state index contributed by atoms with van der Waals surface area (Å²) in [6.45, 7) is 5.43. The number of likely N-dealkylation sites (N-methyl/N-ethyl adjacent to an activating group) is 1. The molecule has 1 atom stereocenters. The molecule has 0 bridgehead atoms. The van der Waals surface area contributed by atoms with E-state index in [0.717, 1.165) is 26.1 Å². The fourth-order valence-electron chi connectivity index (χ4n) is 2.43. The van der Waals surface area contributed by atoms with Gasteiger partial charge in [0.1, 0.15) is 0 Å². The van der Waals surface area contributed by atoms with E-state index in [9.17, 15) is 5.11 Å². The highest BCUT2D eigenvalue weighted by atomic mass is 16.3. The number of hydrogen-bond donors (Lipinski definition) is 2. The Labute approximate surface area is 103 Å². The van der Waals surface area contributed by atoms with Crippen LogP contribution in [0.2, 0.25) is 0 Å². The van der Waals surface area contributed by atoms with E-state index < -0.39 is 0 Å². The number of nitrogens with zero attached hydrogens (tertiary/aromatic N) is 1. The lowest BCUT2D eigenvalue weighted by Crippen LogP contribution is -2.40. The number of rotatable bonds is 5. The second-order valence-electron chi connectivity index (χ2n) is 4.64. The van der Waals surface area contributed by atoms with Gasteiger partial charge in [0.05, 0.1) is 6.10 Å². The number of anilines is 1. The minimum atomic E-state index is -0.291. The summed E-state index contributed by atoms with van der Waals surface area (Å²) in [5.41, 5.74) is 2.71. The molecule has 0 saturated carbocycles. The molecule has 0 radical (unpaired) electrons. The molecule has 1 aliphatic heterocycles. The number of benzene rings is 1. The molecule has 1 aromatic rings. The number of para-hydroxylation sites is 1. The van der Waals surface area contributed by atoms with Gasteiger partial charge >= 0.3 is 0 Å². The predicted octanol–water partition coefficient (Wildman–Crippen LogP) is 1.41. The van der Waals surface area contributed by atoms with E-state index in [1.54, 1.807) is 0 Å². The van der Waals surface area contributed by atoms with Crippen LogP contribution in [0.4, 0.5) is 5.69 Å². The molecule has 0 aliphatic carbocycles. The van der Waals surface area contributed by atoms with Crippen LogP contribution in [0.1, 0.15) is 18.9 Å². The summed E-state index contributed by atoms with van der Waals surface area (Å²) < 4.78 is 0. The summed E-state index contributed by atoms with van der Waals surface area (Å²) in [7, 11) is 0. The van der Waals surface area contributed by atoms with Crippen LogP contribution < -0.4 is 10.2 Å². The highest BCUT2D eigenvalue weighted by molar-refractivity contribution is 5.55. The maximum Gasteiger partial charge on any atom is 0.0839 e. The molecule has 2 N–H and O–H groups in total. The minimum absolute atomic E-state index is 0.291. The fourth-order valence-corrected chi connectivity index (χ4v) is 2.43. The summed E-state index contributed by atoms with van der Waals surface area (Å²) in [6.07, 6.45) is 2.06. The number of nitrogens with one attached hydrogen (secondary N) is 1. The first-order chi connectivity index (χ1) is 8.31.